The summed E-state index contributed by atoms with van der Waals surface area (Å²) < 4.78 is 7.18. The molecule has 8 heteroatoms. The van der Waals surface area contributed by atoms with Gasteiger partial charge >= 0.3 is 11.7 Å². The van der Waals surface area contributed by atoms with E-state index in [-0.39, 0.29) is 24.8 Å². The first-order valence-electron chi connectivity index (χ1n) is 7.56. The molecule has 0 aliphatic carbocycles. The van der Waals surface area contributed by atoms with Crippen LogP contribution in [0.25, 0.3) is 0 Å². The van der Waals surface area contributed by atoms with Crippen molar-refractivity contribution in [3.63, 3.8) is 0 Å². The molecule has 0 fully saturated rings. The van der Waals surface area contributed by atoms with Crippen molar-refractivity contribution < 1.29 is 14.3 Å². The summed E-state index contributed by atoms with van der Waals surface area (Å²) in [7, 11) is 2.84. The van der Waals surface area contributed by atoms with Gasteiger partial charge in [0.05, 0.1) is 5.69 Å². The molecular weight excluding hydrogens is 326 g/mol. The fourth-order valence-electron chi connectivity index (χ4n) is 2.16. The third kappa shape index (κ3) is 4.43. The number of hydrogen-bond acceptors (Lipinski definition) is 5. The molecule has 1 aromatic carbocycles. The summed E-state index contributed by atoms with van der Waals surface area (Å²) in [5.74, 6) is -1.06. The van der Waals surface area contributed by atoms with Gasteiger partial charge in [-0.1, -0.05) is 17.7 Å². The molecule has 132 valence electrons. The van der Waals surface area contributed by atoms with Crippen LogP contribution in [0.1, 0.15) is 21.6 Å². The van der Waals surface area contributed by atoms with Crippen LogP contribution in [0.2, 0.25) is 0 Å². The Hall–Kier alpha value is -3.16. The molecule has 2 rings (SSSR count). The molecule has 0 saturated carbocycles. The van der Waals surface area contributed by atoms with E-state index in [2.05, 4.69) is 5.32 Å². The van der Waals surface area contributed by atoms with E-state index in [9.17, 15) is 19.2 Å². The van der Waals surface area contributed by atoms with Crippen molar-refractivity contribution in [2.45, 2.75) is 13.5 Å². The smallest absolute Gasteiger partial charge is 0.330 e. The molecule has 0 bridgehead atoms. The normalized spacial score (nSPS) is 10.4. The highest BCUT2D eigenvalue weighted by molar-refractivity contribution is 5.96. The summed E-state index contributed by atoms with van der Waals surface area (Å²) in [5, 5.41) is 2.46. The van der Waals surface area contributed by atoms with Gasteiger partial charge in [0, 0.05) is 25.7 Å². The number of esters is 1. The van der Waals surface area contributed by atoms with Gasteiger partial charge in [0.15, 0.2) is 0 Å². The number of nitrogens with zero attached hydrogens (tertiary/aromatic N) is 2. The minimum absolute atomic E-state index is 0.235. The molecule has 1 amide bonds. The number of benzene rings is 1. The maximum absolute atomic E-state index is 11.9. The van der Waals surface area contributed by atoms with Gasteiger partial charge in [-0.15, -0.1) is 0 Å². The molecule has 2 aromatic rings. The highest BCUT2D eigenvalue weighted by atomic mass is 16.5. The van der Waals surface area contributed by atoms with Gasteiger partial charge in [-0.05, 0) is 19.1 Å². The van der Waals surface area contributed by atoms with E-state index in [0.717, 1.165) is 10.1 Å². The number of nitrogens with one attached hydrogen (secondary N) is 1. The van der Waals surface area contributed by atoms with Crippen LogP contribution in [0.15, 0.2) is 39.9 Å². The maximum Gasteiger partial charge on any atom is 0.330 e. The van der Waals surface area contributed by atoms with Crippen molar-refractivity contribution in [3.8, 4) is 0 Å². The first kappa shape index (κ1) is 18.2. The number of carbonyl (C=O) groups excluding carboxylic acids is 2. The third-order valence-corrected chi connectivity index (χ3v) is 3.68. The van der Waals surface area contributed by atoms with Crippen LogP contribution in [0.3, 0.4) is 0 Å². The standard InChI is InChI=1S/C17H19N3O5/c1-11-5-4-6-12(7-11)16(23)18-9-15(22)25-10-13-8-14(21)20(3)17(24)19(13)2/h4-8H,9-10H2,1-3H3,(H,18,23). The van der Waals surface area contributed by atoms with Crippen molar-refractivity contribution in [1.29, 1.82) is 0 Å². The predicted octanol–water partition coefficient (Wildman–Crippen LogP) is -0.134. The maximum atomic E-state index is 11.9. The Morgan fingerprint density at radius 2 is 1.84 bits per heavy atom. The zero-order chi connectivity index (χ0) is 18.6. The van der Waals surface area contributed by atoms with Crippen LogP contribution in [0.5, 0.6) is 0 Å². The van der Waals surface area contributed by atoms with Gasteiger partial charge in [0.2, 0.25) is 0 Å². The second kappa shape index (κ2) is 7.61. The summed E-state index contributed by atoms with van der Waals surface area (Å²) in [6, 6.07) is 8.18. The lowest BCUT2D eigenvalue weighted by Crippen LogP contribution is -2.38. The molecule has 0 radical (unpaired) electrons. The molecule has 1 heterocycles. The molecule has 0 atom stereocenters. The number of aryl methyl sites for hydroxylation is 1. The van der Waals surface area contributed by atoms with Crippen LogP contribution in [-0.2, 0) is 30.2 Å². The molecule has 0 aliphatic rings. The largest absolute Gasteiger partial charge is 0.458 e. The summed E-state index contributed by atoms with van der Waals surface area (Å²) in [6.07, 6.45) is 0. The van der Waals surface area contributed by atoms with Gasteiger partial charge in [0.1, 0.15) is 13.2 Å². The first-order valence-corrected chi connectivity index (χ1v) is 7.56. The molecule has 25 heavy (non-hydrogen) atoms. The number of carbonyl (C=O) groups is 2. The number of rotatable bonds is 5. The van der Waals surface area contributed by atoms with Crippen LogP contribution < -0.4 is 16.6 Å². The predicted molar refractivity (Wildman–Crippen MR) is 90.2 cm³/mol. The van der Waals surface area contributed by atoms with Gasteiger partial charge in [-0.2, -0.15) is 0 Å². The Balaban J connectivity index is 1.92. The number of aromatic nitrogens is 2. The van der Waals surface area contributed by atoms with E-state index in [1.54, 1.807) is 18.2 Å². The van der Waals surface area contributed by atoms with E-state index >= 15 is 0 Å². The first-order chi connectivity index (χ1) is 11.8. The molecule has 1 N–H and O–H groups in total. The van der Waals surface area contributed by atoms with Gasteiger partial charge in [-0.25, -0.2) is 4.79 Å². The number of amides is 1. The van der Waals surface area contributed by atoms with E-state index in [1.165, 1.54) is 24.7 Å². The lowest BCUT2D eigenvalue weighted by molar-refractivity contribution is -0.143. The molecule has 0 aliphatic heterocycles. The second-order valence-electron chi connectivity index (χ2n) is 5.59. The topological polar surface area (TPSA) is 99.4 Å². The quantitative estimate of drug-likeness (QED) is 0.761. The Labute approximate surface area is 143 Å². The van der Waals surface area contributed by atoms with Crippen molar-refractivity contribution in [3.05, 3.63) is 68.0 Å². The SMILES string of the molecule is Cc1cccc(C(=O)NCC(=O)OCc2cc(=O)n(C)c(=O)n2C)c1. The van der Waals surface area contributed by atoms with Gasteiger partial charge < -0.3 is 10.1 Å². The fourth-order valence-corrected chi connectivity index (χ4v) is 2.16. The molecule has 0 saturated heterocycles. The average molecular weight is 345 g/mol. The number of hydrogen-bond donors (Lipinski definition) is 1. The van der Waals surface area contributed by atoms with E-state index in [4.69, 9.17) is 4.74 Å². The minimum Gasteiger partial charge on any atom is -0.458 e. The molecule has 0 unspecified atom stereocenters. The van der Waals surface area contributed by atoms with Crippen molar-refractivity contribution in [2.75, 3.05) is 6.54 Å². The fraction of sp³-hybridized carbons (Fsp3) is 0.294. The zero-order valence-electron chi connectivity index (χ0n) is 14.2. The number of ether oxygens (including phenoxy) is 1. The third-order valence-electron chi connectivity index (χ3n) is 3.68. The summed E-state index contributed by atoms with van der Waals surface area (Å²) in [6.45, 7) is 1.31. The van der Waals surface area contributed by atoms with Gasteiger partial charge in [0.25, 0.3) is 11.5 Å². The lowest BCUT2D eigenvalue weighted by atomic mass is 10.1. The lowest BCUT2D eigenvalue weighted by Gasteiger charge is -2.10. The second-order valence-corrected chi connectivity index (χ2v) is 5.59. The van der Waals surface area contributed by atoms with Crippen molar-refractivity contribution in [1.82, 2.24) is 14.5 Å². The summed E-state index contributed by atoms with van der Waals surface area (Å²) in [5.41, 5.74) is 0.656. The van der Waals surface area contributed by atoms with E-state index < -0.39 is 17.2 Å². The van der Waals surface area contributed by atoms with Crippen molar-refractivity contribution in [2.24, 2.45) is 14.1 Å². The Kier molecular flexibility index (Phi) is 5.53. The average Bonchev–Trinajstić information content (AvgIpc) is 2.59. The Morgan fingerprint density at radius 3 is 2.52 bits per heavy atom. The molecule has 1 aromatic heterocycles. The summed E-state index contributed by atoms with van der Waals surface area (Å²) in [4.78, 5) is 47.1. The van der Waals surface area contributed by atoms with E-state index in [1.807, 2.05) is 13.0 Å². The molecule has 8 nitrogen and oxygen atoms in total. The molecule has 0 spiro atoms. The Bertz CT molecular complexity index is 927. The van der Waals surface area contributed by atoms with Crippen LogP contribution in [0.4, 0.5) is 0 Å². The Morgan fingerprint density at radius 1 is 1.12 bits per heavy atom. The van der Waals surface area contributed by atoms with Crippen LogP contribution >= 0.6 is 0 Å². The monoisotopic (exact) mass is 345 g/mol. The van der Waals surface area contributed by atoms with Crippen molar-refractivity contribution >= 4 is 11.9 Å². The zero-order valence-corrected chi connectivity index (χ0v) is 14.2. The van der Waals surface area contributed by atoms with Gasteiger partial charge in [-0.3, -0.25) is 23.5 Å². The highest BCUT2D eigenvalue weighted by Gasteiger charge is 2.11. The van der Waals surface area contributed by atoms with Crippen LogP contribution in [0, 0.1) is 6.92 Å². The minimum atomic E-state index is -0.672. The molecular formula is C17H19N3O5. The highest BCUT2D eigenvalue weighted by Crippen LogP contribution is 2.03. The van der Waals surface area contributed by atoms with Crippen LogP contribution in [-0.4, -0.2) is 27.6 Å². The summed E-state index contributed by atoms with van der Waals surface area (Å²) >= 11 is 0. The van der Waals surface area contributed by atoms with E-state index in [0.29, 0.717) is 5.56 Å².